The molecule has 2 nitrogen and oxygen atoms in total. The molecule has 0 aromatic carbocycles. The van der Waals surface area contributed by atoms with Crippen LogP contribution in [0.25, 0.3) is 0 Å². The van der Waals surface area contributed by atoms with Gasteiger partial charge in [-0.2, -0.15) is 0 Å². The summed E-state index contributed by atoms with van der Waals surface area (Å²) >= 11 is 0. The first-order valence-corrected chi connectivity index (χ1v) is 14.2. The van der Waals surface area contributed by atoms with Crippen molar-refractivity contribution in [3.8, 4) is 0 Å². The summed E-state index contributed by atoms with van der Waals surface area (Å²) < 4.78 is 1.42. The van der Waals surface area contributed by atoms with Crippen molar-refractivity contribution in [1.82, 2.24) is 4.90 Å². The molecule has 0 fully saturated rings. The standard InChI is InChI=1S/C16H36N.C12H27N.BrH/c1-5-9-13-17(14-10-6-2,15-11-7-3)16-12-8-4;1-4-7-10-13(11-8-5-2)12-9-6-3;/h5-16H2,1-4H3;4-12H2,1-3H3;1H/q+1;;/p-1. The number of quaternary nitrogens is 1. The predicted molar refractivity (Wildman–Crippen MR) is 141 cm³/mol. The van der Waals surface area contributed by atoms with Gasteiger partial charge in [0.25, 0.3) is 0 Å². The Morgan fingerprint density at radius 3 is 0.806 bits per heavy atom. The van der Waals surface area contributed by atoms with Gasteiger partial charge in [0.15, 0.2) is 0 Å². The number of halogens is 1. The minimum atomic E-state index is 0. The normalized spacial score (nSPS) is 11.2. The van der Waals surface area contributed by atoms with E-state index in [9.17, 15) is 0 Å². The SMILES string of the molecule is CCCCN(CCCC)CCCC.CCCC[N+](CCCC)(CCCC)CCCC.[Br-]. The summed E-state index contributed by atoms with van der Waals surface area (Å²) in [6.07, 6.45) is 19.2. The molecule has 0 amide bonds. The van der Waals surface area contributed by atoms with Gasteiger partial charge >= 0.3 is 0 Å². The molecule has 0 spiro atoms. The van der Waals surface area contributed by atoms with Crippen LogP contribution in [0.15, 0.2) is 0 Å². The zero-order valence-corrected chi connectivity index (χ0v) is 24.7. The van der Waals surface area contributed by atoms with Crippen LogP contribution in [0.1, 0.15) is 138 Å². The summed E-state index contributed by atoms with van der Waals surface area (Å²) in [5, 5.41) is 0. The third-order valence-electron chi connectivity index (χ3n) is 6.43. The Kier molecular flexibility index (Phi) is 33.0. The molecule has 0 aromatic heterocycles. The van der Waals surface area contributed by atoms with E-state index in [0.717, 1.165) is 0 Å². The van der Waals surface area contributed by atoms with Crippen molar-refractivity contribution in [3.63, 3.8) is 0 Å². The van der Waals surface area contributed by atoms with Gasteiger partial charge in [-0.15, -0.1) is 0 Å². The van der Waals surface area contributed by atoms with Crippen LogP contribution < -0.4 is 17.0 Å². The second-order valence-electron chi connectivity index (χ2n) is 9.55. The van der Waals surface area contributed by atoms with Crippen LogP contribution in [0.2, 0.25) is 0 Å². The van der Waals surface area contributed by atoms with Crippen LogP contribution in [0, 0.1) is 0 Å². The van der Waals surface area contributed by atoms with Crippen molar-refractivity contribution in [2.75, 3.05) is 45.8 Å². The van der Waals surface area contributed by atoms with E-state index in [0.29, 0.717) is 0 Å². The fourth-order valence-electron chi connectivity index (χ4n) is 4.13. The summed E-state index contributed by atoms with van der Waals surface area (Å²) in [6.45, 7) is 25.8. The van der Waals surface area contributed by atoms with Crippen molar-refractivity contribution in [1.29, 1.82) is 0 Å². The van der Waals surface area contributed by atoms with E-state index in [1.807, 2.05) is 0 Å². The first kappa shape index (κ1) is 36.0. The summed E-state index contributed by atoms with van der Waals surface area (Å²) in [7, 11) is 0. The van der Waals surface area contributed by atoms with Gasteiger partial charge in [-0.25, -0.2) is 0 Å². The molecule has 192 valence electrons. The molecule has 3 heteroatoms. The largest absolute Gasteiger partial charge is 1.00 e. The van der Waals surface area contributed by atoms with Gasteiger partial charge in [0.1, 0.15) is 0 Å². The third kappa shape index (κ3) is 23.4. The zero-order valence-electron chi connectivity index (χ0n) is 23.1. The molecule has 0 aliphatic heterocycles. The maximum atomic E-state index is 2.64. The van der Waals surface area contributed by atoms with E-state index in [4.69, 9.17) is 0 Å². The molecule has 0 bridgehead atoms. The molecule has 31 heavy (non-hydrogen) atoms. The maximum absolute atomic E-state index is 2.64. The number of nitrogens with zero attached hydrogens (tertiary/aromatic N) is 2. The van der Waals surface area contributed by atoms with Crippen LogP contribution in [0.3, 0.4) is 0 Å². The second kappa shape index (κ2) is 28.4. The van der Waals surface area contributed by atoms with Crippen molar-refractivity contribution >= 4 is 0 Å². The summed E-state index contributed by atoms with van der Waals surface area (Å²) in [6, 6.07) is 0. The average molecular weight is 508 g/mol. The van der Waals surface area contributed by atoms with Crippen LogP contribution in [-0.2, 0) is 0 Å². The van der Waals surface area contributed by atoms with Crippen LogP contribution >= 0.6 is 0 Å². The Labute approximate surface area is 210 Å². The molecule has 0 radical (unpaired) electrons. The van der Waals surface area contributed by atoms with Gasteiger partial charge in [0, 0.05) is 0 Å². The van der Waals surface area contributed by atoms with Gasteiger partial charge < -0.3 is 26.4 Å². The second-order valence-corrected chi connectivity index (χ2v) is 9.55. The summed E-state index contributed by atoms with van der Waals surface area (Å²) in [5.41, 5.74) is 0. The van der Waals surface area contributed by atoms with Crippen molar-refractivity contribution < 1.29 is 21.5 Å². The first-order chi connectivity index (χ1) is 14.6. The van der Waals surface area contributed by atoms with E-state index < -0.39 is 0 Å². The van der Waals surface area contributed by atoms with Gasteiger partial charge in [0.05, 0.1) is 26.2 Å². The van der Waals surface area contributed by atoms with Crippen molar-refractivity contribution in [2.24, 2.45) is 0 Å². The van der Waals surface area contributed by atoms with E-state index >= 15 is 0 Å². The van der Waals surface area contributed by atoms with Crippen LogP contribution in [-0.4, -0.2) is 55.2 Å². The molecule has 0 heterocycles. The smallest absolute Gasteiger partial charge is 0.0786 e. The third-order valence-corrected chi connectivity index (χ3v) is 6.43. The van der Waals surface area contributed by atoms with Crippen LogP contribution in [0.5, 0.6) is 0 Å². The van der Waals surface area contributed by atoms with Crippen LogP contribution in [0.4, 0.5) is 0 Å². The molecule has 0 aliphatic rings. The highest BCUT2D eigenvalue weighted by Gasteiger charge is 2.24. The summed E-state index contributed by atoms with van der Waals surface area (Å²) in [4.78, 5) is 2.64. The Morgan fingerprint density at radius 2 is 0.613 bits per heavy atom. The number of unbranched alkanes of at least 4 members (excludes halogenated alkanes) is 7. The molecule has 0 saturated carbocycles. The van der Waals surface area contributed by atoms with E-state index in [1.54, 1.807) is 0 Å². The number of rotatable bonds is 21. The molecule has 0 rings (SSSR count). The maximum Gasteiger partial charge on any atom is 0.0786 e. The number of hydrogen-bond acceptors (Lipinski definition) is 1. The molecule has 0 N–H and O–H groups in total. The molecule has 0 aromatic rings. The minimum absolute atomic E-state index is 0. The monoisotopic (exact) mass is 506 g/mol. The molecule has 0 aliphatic carbocycles. The highest BCUT2D eigenvalue weighted by molar-refractivity contribution is 4.57. The zero-order chi connectivity index (χ0) is 22.9. The van der Waals surface area contributed by atoms with Crippen molar-refractivity contribution in [2.45, 2.75) is 138 Å². The molecular formula is C28H63BrN2. The Hall–Kier alpha value is 0.400. The van der Waals surface area contributed by atoms with E-state index in [-0.39, 0.29) is 17.0 Å². The lowest BCUT2D eigenvalue weighted by molar-refractivity contribution is -0.929. The lowest BCUT2D eigenvalue weighted by Crippen LogP contribution is -3.00. The van der Waals surface area contributed by atoms with Gasteiger partial charge in [-0.05, 0) is 64.6 Å². The first-order valence-electron chi connectivity index (χ1n) is 14.2. The molecule has 0 unspecified atom stereocenters. The van der Waals surface area contributed by atoms with Crippen molar-refractivity contribution in [3.05, 3.63) is 0 Å². The van der Waals surface area contributed by atoms with Gasteiger partial charge in [0.2, 0.25) is 0 Å². The lowest BCUT2D eigenvalue weighted by atomic mass is 10.1. The lowest BCUT2D eigenvalue weighted by Gasteiger charge is -2.39. The van der Waals surface area contributed by atoms with Gasteiger partial charge in [-0.3, -0.25) is 0 Å². The van der Waals surface area contributed by atoms with Gasteiger partial charge in [-0.1, -0.05) is 93.4 Å². The Morgan fingerprint density at radius 1 is 0.387 bits per heavy atom. The van der Waals surface area contributed by atoms with E-state index in [1.165, 1.54) is 140 Å². The fraction of sp³-hybridized carbons (Fsp3) is 1.00. The molecule has 0 saturated heterocycles. The Bertz CT molecular complexity index is 253. The fourth-order valence-corrected chi connectivity index (χ4v) is 4.13. The average Bonchev–Trinajstić information content (AvgIpc) is 2.78. The highest BCUT2D eigenvalue weighted by Crippen LogP contribution is 2.16. The predicted octanol–water partition coefficient (Wildman–Crippen LogP) is 5.70. The molecular weight excluding hydrogens is 444 g/mol. The summed E-state index contributed by atoms with van der Waals surface area (Å²) in [5.74, 6) is 0. The number of hydrogen-bond donors (Lipinski definition) is 0. The highest BCUT2D eigenvalue weighted by atomic mass is 79.9. The molecule has 0 atom stereocenters. The van der Waals surface area contributed by atoms with E-state index in [2.05, 4.69) is 53.4 Å². The topological polar surface area (TPSA) is 3.24 Å². The Balaban J connectivity index is -0.000000507. The quantitative estimate of drug-likeness (QED) is 0.180. The minimum Gasteiger partial charge on any atom is -1.00 e.